The van der Waals surface area contributed by atoms with Gasteiger partial charge in [-0.05, 0) is 17.7 Å². The number of carbonyl (C=O) groups is 1. The molecule has 0 spiro atoms. The van der Waals surface area contributed by atoms with Crippen LogP contribution in [0, 0.1) is 0 Å². The largest absolute Gasteiger partial charge is 0.396 e. The van der Waals surface area contributed by atoms with Crippen LogP contribution in [0.1, 0.15) is 16.1 Å². The molecule has 106 valence electrons. The molecule has 2 aromatic rings. The van der Waals surface area contributed by atoms with Gasteiger partial charge in [0.2, 0.25) is 0 Å². The lowest BCUT2D eigenvalue weighted by molar-refractivity contribution is 0.0775. The predicted molar refractivity (Wildman–Crippen MR) is 79.9 cm³/mol. The Morgan fingerprint density at radius 1 is 1.40 bits per heavy atom. The molecule has 1 amide bonds. The molecule has 1 aromatic heterocycles. The van der Waals surface area contributed by atoms with Crippen LogP contribution >= 0.6 is 23.2 Å². The van der Waals surface area contributed by atoms with Crippen LogP contribution in [0.2, 0.25) is 10.0 Å². The Hall–Kier alpha value is -1.72. The van der Waals surface area contributed by atoms with E-state index in [-0.39, 0.29) is 5.91 Å². The van der Waals surface area contributed by atoms with Crippen LogP contribution in [0.25, 0.3) is 0 Å². The molecule has 0 bridgehead atoms. The van der Waals surface area contributed by atoms with Gasteiger partial charge in [-0.3, -0.25) is 9.48 Å². The van der Waals surface area contributed by atoms with Gasteiger partial charge >= 0.3 is 0 Å². The molecule has 0 unspecified atom stereocenters. The van der Waals surface area contributed by atoms with Crippen molar-refractivity contribution in [1.29, 1.82) is 0 Å². The van der Waals surface area contributed by atoms with Crippen LogP contribution in [0.15, 0.2) is 24.4 Å². The predicted octanol–water partition coefficient (Wildman–Crippen LogP) is 2.58. The normalized spacial score (nSPS) is 10.6. The first-order valence-corrected chi connectivity index (χ1v) is 6.62. The highest BCUT2D eigenvalue weighted by atomic mass is 35.5. The topological polar surface area (TPSA) is 64.2 Å². The summed E-state index contributed by atoms with van der Waals surface area (Å²) < 4.78 is 1.46. The Morgan fingerprint density at radius 2 is 2.10 bits per heavy atom. The number of aromatic nitrogens is 2. The summed E-state index contributed by atoms with van der Waals surface area (Å²) in [7, 11) is 3.37. The summed E-state index contributed by atoms with van der Waals surface area (Å²) >= 11 is 11.8. The maximum absolute atomic E-state index is 12.3. The number of nitrogens with two attached hydrogens (primary N) is 1. The zero-order valence-corrected chi connectivity index (χ0v) is 12.6. The highest BCUT2D eigenvalue weighted by Gasteiger charge is 2.19. The van der Waals surface area contributed by atoms with E-state index in [2.05, 4.69) is 5.10 Å². The van der Waals surface area contributed by atoms with Gasteiger partial charge < -0.3 is 10.6 Å². The van der Waals surface area contributed by atoms with Crippen LogP contribution in [-0.2, 0) is 13.6 Å². The van der Waals surface area contributed by atoms with E-state index in [1.807, 2.05) is 6.07 Å². The summed E-state index contributed by atoms with van der Waals surface area (Å²) in [5.41, 5.74) is 7.36. The maximum Gasteiger partial charge on any atom is 0.274 e. The molecule has 7 heteroatoms. The fraction of sp³-hybridized carbons (Fsp3) is 0.231. The lowest BCUT2D eigenvalue weighted by Gasteiger charge is -2.18. The summed E-state index contributed by atoms with van der Waals surface area (Å²) in [5, 5.41) is 4.91. The molecule has 1 heterocycles. The summed E-state index contributed by atoms with van der Waals surface area (Å²) in [6.07, 6.45) is 1.46. The molecule has 2 rings (SSSR count). The monoisotopic (exact) mass is 312 g/mol. The number of aryl methyl sites for hydroxylation is 1. The molecule has 0 atom stereocenters. The van der Waals surface area contributed by atoms with Crippen molar-refractivity contribution in [3.8, 4) is 0 Å². The van der Waals surface area contributed by atoms with E-state index in [4.69, 9.17) is 28.9 Å². The minimum absolute atomic E-state index is 0.200. The molecule has 0 aliphatic rings. The van der Waals surface area contributed by atoms with E-state index in [1.165, 1.54) is 10.9 Å². The van der Waals surface area contributed by atoms with Crippen molar-refractivity contribution in [2.24, 2.45) is 7.05 Å². The van der Waals surface area contributed by atoms with Gasteiger partial charge in [0.1, 0.15) is 5.69 Å². The summed E-state index contributed by atoms with van der Waals surface area (Å²) in [4.78, 5) is 13.9. The van der Waals surface area contributed by atoms with Crippen molar-refractivity contribution in [3.05, 3.63) is 45.7 Å². The zero-order chi connectivity index (χ0) is 14.9. The molecule has 0 aliphatic carbocycles. The summed E-state index contributed by atoms with van der Waals surface area (Å²) in [5.74, 6) is -0.200. The molecule has 5 nitrogen and oxygen atoms in total. The number of anilines is 1. The quantitative estimate of drug-likeness (QED) is 0.947. The number of hydrogen-bond acceptors (Lipinski definition) is 3. The lowest BCUT2D eigenvalue weighted by atomic mass is 10.2. The lowest BCUT2D eigenvalue weighted by Crippen LogP contribution is -2.28. The van der Waals surface area contributed by atoms with Gasteiger partial charge in [0.25, 0.3) is 5.91 Å². The van der Waals surface area contributed by atoms with E-state index in [0.717, 1.165) is 5.56 Å². The van der Waals surface area contributed by atoms with Crippen molar-refractivity contribution in [2.45, 2.75) is 6.54 Å². The van der Waals surface area contributed by atoms with Crippen LogP contribution in [0.5, 0.6) is 0 Å². The van der Waals surface area contributed by atoms with E-state index in [0.29, 0.717) is 28.0 Å². The second-order valence-corrected chi connectivity index (χ2v) is 5.30. The van der Waals surface area contributed by atoms with Crippen molar-refractivity contribution in [3.63, 3.8) is 0 Å². The Kier molecular flexibility index (Phi) is 4.20. The number of rotatable bonds is 3. The van der Waals surface area contributed by atoms with Crippen LogP contribution < -0.4 is 5.73 Å². The fourth-order valence-corrected chi connectivity index (χ4v) is 2.20. The Bertz CT molecular complexity index is 634. The second kappa shape index (κ2) is 5.73. The van der Waals surface area contributed by atoms with E-state index in [1.54, 1.807) is 31.1 Å². The molecule has 0 radical (unpaired) electrons. The van der Waals surface area contributed by atoms with E-state index >= 15 is 0 Å². The van der Waals surface area contributed by atoms with Crippen molar-refractivity contribution in [1.82, 2.24) is 14.7 Å². The molecule has 2 N–H and O–H groups in total. The Balaban J connectivity index is 2.17. The molecular formula is C13H14Cl2N4O. The van der Waals surface area contributed by atoms with Gasteiger partial charge in [0.15, 0.2) is 0 Å². The minimum atomic E-state index is -0.200. The van der Waals surface area contributed by atoms with Gasteiger partial charge in [0, 0.05) is 20.6 Å². The second-order valence-electron chi connectivity index (χ2n) is 4.48. The average Bonchev–Trinajstić information content (AvgIpc) is 2.72. The van der Waals surface area contributed by atoms with Gasteiger partial charge in [-0.1, -0.05) is 29.3 Å². The standard InChI is InChI=1S/C13H14Cl2N4O/c1-18(7-8-3-4-9(14)10(15)5-8)13(20)12-11(16)6-17-19(12)2/h3-6H,7,16H2,1-2H3. The third kappa shape index (κ3) is 2.89. The van der Waals surface area contributed by atoms with Crippen molar-refractivity contribution >= 4 is 34.8 Å². The molecule has 0 aliphatic heterocycles. The molecule has 0 saturated carbocycles. The molecular weight excluding hydrogens is 299 g/mol. The highest BCUT2D eigenvalue weighted by molar-refractivity contribution is 6.42. The molecule has 0 saturated heterocycles. The Labute approximate surface area is 126 Å². The summed E-state index contributed by atoms with van der Waals surface area (Å²) in [6.45, 7) is 0.403. The number of nitrogen functional groups attached to an aromatic ring is 1. The van der Waals surface area contributed by atoms with Crippen LogP contribution in [-0.4, -0.2) is 27.6 Å². The van der Waals surface area contributed by atoms with Crippen LogP contribution in [0.3, 0.4) is 0 Å². The SMILES string of the molecule is CN(Cc1ccc(Cl)c(Cl)c1)C(=O)c1c(N)cnn1C. The van der Waals surface area contributed by atoms with E-state index < -0.39 is 0 Å². The van der Waals surface area contributed by atoms with Gasteiger partial charge in [0.05, 0.1) is 21.9 Å². The minimum Gasteiger partial charge on any atom is -0.396 e. The Morgan fingerprint density at radius 3 is 2.65 bits per heavy atom. The molecule has 0 fully saturated rings. The van der Waals surface area contributed by atoms with Crippen molar-refractivity contribution in [2.75, 3.05) is 12.8 Å². The van der Waals surface area contributed by atoms with Gasteiger partial charge in [-0.2, -0.15) is 5.10 Å². The maximum atomic E-state index is 12.3. The first-order valence-electron chi connectivity index (χ1n) is 5.87. The van der Waals surface area contributed by atoms with Gasteiger partial charge in [-0.25, -0.2) is 0 Å². The third-order valence-corrected chi connectivity index (χ3v) is 3.66. The number of amides is 1. The van der Waals surface area contributed by atoms with E-state index in [9.17, 15) is 4.79 Å². The highest BCUT2D eigenvalue weighted by Crippen LogP contribution is 2.23. The molecule has 20 heavy (non-hydrogen) atoms. The number of nitrogens with zero attached hydrogens (tertiary/aromatic N) is 3. The number of hydrogen-bond donors (Lipinski definition) is 1. The number of halogens is 2. The number of benzene rings is 1. The number of carbonyl (C=O) groups excluding carboxylic acids is 1. The molecule has 1 aromatic carbocycles. The first kappa shape index (κ1) is 14.7. The smallest absolute Gasteiger partial charge is 0.274 e. The fourth-order valence-electron chi connectivity index (χ4n) is 1.88. The third-order valence-electron chi connectivity index (χ3n) is 2.92. The van der Waals surface area contributed by atoms with Crippen molar-refractivity contribution < 1.29 is 4.79 Å². The average molecular weight is 313 g/mol. The van der Waals surface area contributed by atoms with Gasteiger partial charge in [-0.15, -0.1) is 0 Å². The zero-order valence-electron chi connectivity index (χ0n) is 11.1. The summed E-state index contributed by atoms with van der Waals surface area (Å²) in [6, 6.07) is 5.26. The van der Waals surface area contributed by atoms with Crippen LogP contribution in [0.4, 0.5) is 5.69 Å². The first-order chi connectivity index (χ1) is 9.40.